The average Bonchev–Trinajstić information content (AvgIpc) is 2.51. The van der Waals surface area contributed by atoms with Crippen LogP contribution in [0.15, 0.2) is 0 Å². The first-order valence-corrected chi connectivity index (χ1v) is 6.41. The zero-order valence-corrected chi connectivity index (χ0v) is 11.7. The highest BCUT2D eigenvalue weighted by Crippen LogP contribution is 2.32. The quantitative estimate of drug-likeness (QED) is 0.881. The Morgan fingerprint density at radius 1 is 1.39 bits per heavy atom. The van der Waals surface area contributed by atoms with Crippen molar-refractivity contribution in [3.63, 3.8) is 0 Å². The van der Waals surface area contributed by atoms with Crippen molar-refractivity contribution in [2.24, 2.45) is 5.92 Å². The molecule has 0 aromatic carbocycles. The largest absolute Gasteiger partial charge is 0.478 e. The molecule has 18 heavy (non-hydrogen) atoms. The lowest BCUT2D eigenvalue weighted by molar-refractivity contribution is 0.0697. The van der Waals surface area contributed by atoms with Gasteiger partial charge in [-0.25, -0.2) is 9.59 Å². The van der Waals surface area contributed by atoms with Gasteiger partial charge < -0.3 is 9.84 Å². The van der Waals surface area contributed by atoms with Gasteiger partial charge in [0.05, 0.1) is 12.2 Å². The third-order valence-electron chi connectivity index (χ3n) is 2.36. The molecule has 2 N–H and O–H groups in total. The normalized spacial score (nSPS) is 10.5. The third kappa shape index (κ3) is 3.46. The number of aromatic carboxylic acids is 1. The molecule has 1 heterocycles. The van der Waals surface area contributed by atoms with Gasteiger partial charge in [0.15, 0.2) is 0 Å². The van der Waals surface area contributed by atoms with E-state index < -0.39 is 12.1 Å². The average molecular weight is 271 g/mol. The van der Waals surface area contributed by atoms with Crippen LogP contribution in [0.3, 0.4) is 0 Å². The van der Waals surface area contributed by atoms with Crippen LogP contribution in [0.4, 0.5) is 9.80 Å². The van der Waals surface area contributed by atoms with Crippen LogP contribution in [-0.4, -0.2) is 23.8 Å². The second-order valence-electron chi connectivity index (χ2n) is 4.41. The number of carboxylic acids is 1. The number of hydrogen-bond acceptors (Lipinski definition) is 4. The van der Waals surface area contributed by atoms with Gasteiger partial charge in [-0.1, -0.05) is 13.8 Å². The van der Waals surface area contributed by atoms with Gasteiger partial charge in [-0.2, -0.15) is 0 Å². The third-order valence-corrected chi connectivity index (χ3v) is 3.49. The topological polar surface area (TPSA) is 75.6 Å². The Balaban J connectivity index is 2.81. The molecular weight excluding hydrogens is 254 g/mol. The number of carbonyl (C=O) groups excluding carboxylic acids is 1. The molecule has 0 atom stereocenters. The zero-order valence-electron chi connectivity index (χ0n) is 10.9. The Morgan fingerprint density at radius 3 is 2.50 bits per heavy atom. The summed E-state index contributed by atoms with van der Waals surface area (Å²) in [6.07, 6.45) is -0.618. The minimum Gasteiger partial charge on any atom is -0.478 e. The zero-order chi connectivity index (χ0) is 13.9. The van der Waals surface area contributed by atoms with Gasteiger partial charge in [0, 0.05) is 4.88 Å². The van der Waals surface area contributed by atoms with E-state index in [0.29, 0.717) is 17.2 Å². The number of carbonyl (C=O) groups is 2. The molecule has 0 radical (unpaired) electrons. The molecular formula is C12H17NO4S. The van der Waals surface area contributed by atoms with Crippen LogP contribution >= 0.6 is 11.3 Å². The molecule has 1 rings (SSSR count). The van der Waals surface area contributed by atoms with Gasteiger partial charge in [0.1, 0.15) is 5.00 Å². The maximum Gasteiger partial charge on any atom is 0.412 e. The lowest BCUT2D eigenvalue weighted by atomic mass is 10.1. The Kier molecular flexibility index (Phi) is 4.72. The van der Waals surface area contributed by atoms with Crippen molar-refractivity contribution in [3.8, 4) is 0 Å². The van der Waals surface area contributed by atoms with Gasteiger partial charge in [0.2, 0.25) is 0 Å². The SMILES string of the molecule is Cc1sc(NC(=O)OCC(C)C)c(C(=O)O)c1C. The van der Waals surface area contributed by atoms with Crippen molar-refractivity contribution in [2.75, 3.05) is 11.9 Å². The fourth-order valence-corrected chi connectivity index (χ4v) is 2.38. The number of aryl methyl sites for hydroxylation is 1. The number of rotatable bonds is 4. The lowest BCUT2D eigenvalue weighted by Crippen LogP contribution is -2.17. The van der Waals surface area contributed by atoms with Crippen LogP contribution in [0, 0.1) is 19.8 Å². The summed E-state index contributed by atoms with van der Waals surface area (Å²) in [6.45, 7) is 7.69. The summed E-state index contributed by atoms with van der Waals surface area (Å²) in [4.78, 5) is 23.5. The van der Waals surface area contributed by atoms with Crippen molar-refractivity contribution in [2.45, 2.75) is 27.7 Å². The summed E-state index contributed by atoms with van der Waals surface area (Å²) in [5.41, 5.74) is 0.811. The van der Waals surface area contributed by atoms with E-state index in [-0.39, 0.29) is 11.5 Å². The van der Waals surface area contributed by atoms with E-state index in [1.165, 1.54) is 11.3 Å². The summed E-state index contributed by atoms with van der Waals surface area (Å²) in [5.74, 6) is -0.808. The molecule has 0 aliphatic carbocycles. The molecule has 0 aliphatic heterocycles. The van der Waals surface area contributed by atoms with Crippen LogP contribution in [0.5, 0.6) is 0 Å². The predicted octanol–water partition coefficient (Wildman–Crippen LogP) is 3.27. The number of ether oxygens (including phenoxy) is 1. The number of nitrogens with one attached hydrogen (secondary N) is 1. The van der Waals surface area contributed by atoms with E-state index in [4.69, 9.17) is 9.84 Å². The Morgan fingerprint density at radius 2 is 2.00 bits per heavy atom. The van der Waals surface area contributed by atoms with Gasteiger partial charge in [-0.3, -0.25) is 5.32 Å². The molecule has 100 valence electrons. The van der Waals surface area contributed by atoms with E-state index in [0.717, 1.165) is 4.88 Å². The van der Waals surface area contributed by atoms with Gasteiger partial charge in [-0.05, 0) is 25.3 Å². The molecule has 5 nitrogen and oxygen atoms in total. The maximum atomic E-state index is 11.5. The van der Waals surface area contributed by atoms with Crippen molar-refractivity contribution in [1.82, 2.24) is 0 Å². The van der Waals surface area contributed by atoms with Gasteiger partial charge in [0.25, 0.3) is 0 Å². The lowest BCUT2D eigenvalue weighted by Gasteiger charge is -2.08. The number of hydrogen-bond donors (Lipinski definition) is 2. The summed E-state index contributed by atoms with van der Waals surface area (Å²) in [5, 5.41) is 11.9. The molecule has 0 fully saturated rings. The first-order valence-electron chi connectivity index (χ1n) is 5.60. The standard InChI is InChI=1S/C12H17NO4S/c1-6(2)5-17-12(16)13-10-9(11(14)15)7(3)8(4)18-10/h6H,5H2,1-4H3,(H,13,16)(H,14,15). The fourth-order valence-electron chi connectivity index (χ4n) is 1.34. The molecule has 0 spiro atoms. The van der Waals surface area contributed by atoms with Crippen LogP contribution < -0.4 is 5.32 Å². The van der Waals surface area contributed by atoms with E-state index in [1.54, 1.807) is 6.92 Å². The summed E-state index contributed by atoms with van der Waals surface area (Å²) >= 11 is 1.24. The van der Waals surface area contributed by atoms with Crippen molar-refractivity contribution in [1.29, 1.82) is 0 Å². The molecule has 0 bridgehead atoms. The van der Waals surface area contributed by atoms with Gasteiger partial charge >= 0.3 is 12.1 Å². The molecule has 0 saturated carbocycles. The Labute approximate surface area is 110 Å². The Bertz CT molecular complexity index is 465. The first-order chi connectivity index (χ1) is 8.32. The van der Waals surface area contributed by atoms with Crippen LogP contribution in [-0.2, 0) is 4.74 Å². The van der Waals surface area contributed by atoms with Crippen molar-refractivity contribution in [3.05, 3.63) is 16.0 Å². The number of amides is 1. The van der Waals surface area contributed by atoms with E-state index >= 15 is 0 Å². The molecule has 0 saturated heterocycles. The fraction of sp³-hybridized carbons (Fsp3) is 0.500. The molecule has 0 unspecified atom stereocenters. The predicted molar refractivity (Wildman–Crippen MR) is 70.6 cm³/mol. The minimum atomic E-state index is -1.05. The molecule has 1 aromatic heterocycles. The first kappa shape index (κ1) is 14.5. The minimum absolute atomic E-state index is 0.138. The highest BCUT2D eigenvalue weighted by molar-refractivity contribution is 7.16. The maximum absolute atomic E-state index is 11.5. The van der Waals surface area contributed by atoms with Crippen molar-refractivity contribution >= 4 is 28.4 Å². The highest BCUT2D eigenvalue weighted by Gasteiger charge is 2.20. The summed E-state index contributed by atoms with van der Waals surface area (Å²) in [7, 11) is 0. The highest BCUT2D eigenvalue weighted by atomic mass is 32.1. The number of anilines is 1. The second-order valence-corrected chi connectivity index (χ2v) is 5.63. The molecule has 6 heteroatoms. The Hall–Kier alpha value is -1.56. The van der Waals surface area contributed by atoms with Crippen molar-refractivity contribution < 1.29 is 19.4 Å². The molecule has 0 aliphatic rings. The summed E-state index contributed by atoms with van der Waals surface area (Å²) in [6, 6.07) is 0. The van der Waals surface area contributed by atoms with Crippen LogP contribution in [0.1, 0.15) is 34.6 Å². The van der Waals surface area contributed by atoms with E-state index in [1.807, 2.05) is 20.8 Å². The summed E-state index contributed by atoms with van der Waals surface area (Å²) < 4.78 is 4.95. The molecule has 1 amide bonds. The van der Waals surface area contributed by atoms with E-state index in [9.17, 15) is 9.59 Å². The smallest absolute Gasteiger partial charge is 0.412 e. The monoisotopic (exact) mass is 271 g/mol. The van der Waals surface area contributed by atoms with E-state index in [2.05, 4.69) is 5.32 Å². The van der Waals surface area contributed by atoms with Crippen LogP contribution in [0.25, 0.3) is 0 Å². The second kappa shape index (κ2) is 5.86. The van der Waals surface area contributed by atoms with Crippen LogP contribution in [0.2, 0.25) is 0 Å². The number of carboxylic acid groups (broad SMARTS) is 1. The van der Waals surface area contributed by atoms with Gasteiger partial charge in [-0.15, -0.1) is 11.3 Å². The molecule has 1 aromatic rings. The number of thiophene rings is 1.